The topological polar surface area (TPSA) is 63.7 Å². The molecule has 0 aliphatic carbocycles. The number of piperidine rings is 1. The van der Waals surface area contributed by atoms with Crippen molar-refractivity contribution < 1.29 is 14.3 Å². The first-order valence-corrected chi connectivity index (χ1v) is 9.63. The molecule has 2 aliphatic rings. The fourth-order valence-electron chi connectivity index (χ4n) is 4.13. The van der Waals surface area contributed by atoms with Crippen LogP contribution in [0.1, 0.15) is 32.6 Å². The zero-order valence-corrected chi connectivity index (χ0v) is 15.5. The molecule has 2 unspecified atom stereocenters. The minimum atomic E-state index is -0.0250. The first-order chi connectivity index (χ1) is 13.2. The van der Waals surface area contributed by atoms with Crippen LogP contribution in [0.5, 0.6) is 11.6 Å². The second-order valence-corrected chi connectivity index (χ2v) is 7.06. The summed E-state index contributed by atoms with van der Waals surface area (Å²) < 4.78 is 11.5. The van der Waals surface area contributed by atoms with E-state index in [0.717, 1.165) is 37.1 Å². The number of carbonyl (C=O) groups excluding carboxylic acids is 1. The van der Waals surface area contributed by atoms with Crippen molar-refractivity contribution in [1.82, 2.24) is 9.88 Å². The van der Waals surface area contributed by atoms with Gasteiger partial charge in [0.05, 0.1) is 6.61 Å². The normalized spacial score (nSPS) is 23.7. The van der Waals surface area contributed by atoms with E-state index in [4.69, 9.17) is 9.47 Å². The van der Waals surface area contributed by atoms with E-state index >= 15 is 0 Å². The maximum absolute atomic E-state index is 12.8. The Bertz CT molecular complexity index is 752. The highest BCUT2D eigenvalue weighted by atomic mass is 16.5. The molecule has 2 amide bonds. The third-order valence-electron chi connectivity index (χ3n) is 5.27. The standard InChI is InChI=1S/C21H25N3O3/c1-2-26-18-10-6-15(7-11-18)23-21(25)24-16-8-9-17(24)14-19(13-16)27-20-5-3-4-12-22-20/h3-7,10-12,16-17,19H,2,8-9,13-14H2,1H3,(H,23,25). The summed E-state index contributed by atoms with van der Waals surface area (Å²) in [7, 11) is 0. The minimum absolute atomic E-state index is 0.0250. The Morgan fingerprint density at radius 1 is 1.15 bits per heavy atom. The summed E-state index contributed by atoms with van der Waals surface area (Å²) in [5.74, 6) is 1.47. The smallest absolute Gasteiger partial charge is 0.322 e. The van der Waals surface area contributed by atoms with Crippen molar-refractivity contribution in [1.29, 1.82) is 0 Å². The van der Waals surface area contributed by atoms with Gasteiger partial charge >= 0.3 is 6.03 Å². The number of nitrogens with zero attached hydrogens (tertiary/aromatic N) is 2. The van der Waals surface area contributed by atoms with Crippen LogP contribution in [0.4, 0.5) is 10.5 Å². The molecule has 27 heavy (non-hydrogen) atoms. The Kier molecular flexibility index (Phi) is 5.14. The van der Waals surface area contributed by atoms with Gasteiger partial charge in [-0.15, -0.1) is 0 Å². The van der Waals surface area contributed by atoms with Crippen molar-refractivity contribution in [2.24, 2.45) is 0 Å². The third-order valence-corrected chi connectivity index (χ3v) is 5.27. The number of pyridine rings is 1. The molecule has 2 aliphatic heterocycles. The van der Waals surface area contributed by atoms with Crippen LogP contribution >= 0.6 is 0 Å². The zero-order valence-electron chi connectivity index (χ0n) is 15.5. The summed E-state index contributed by atoms with van der Waals surface area (Å²) in [5.41, 5.74) is 0.787. The van der Waals surface area contributed by atoms with E-state index in [1.807, 2.05) is 54.3 Å². The fraction of sp³-hybridized carbons (Fsp3) is 0.429. The number of hydrogen-bond acceptors (Lipinski definition) is 4. The van der Waals surface area contributed by atoms with E-state index in [1.54, 1.807) is 6.20 Å². The quantitative estimate of drug-likeness (QED) is 0.865. The molecule has 1 aromatic carbocycles. The highest BCUT2D eigenvalue weighted by molar-refractivity contribution is 5.90. The Morgan fingerprint density at radius 2 is 1.89 bits per heavy atom. The van der Waals surface area contributed by atoms with Crippen LogP contribution < -0.4 is 14.8 Å². The number of fused-ring (bicyclic) bond motifs is 2. The van der Waals surface area contributed by atoms with E-state index in [-0.39, 0.29) is 24.2 Å². The van der Waals surface area contributed by atoms with Crippen molar-refractivity contribution >= 4 is 11.7 Å². The van der Waals surface area contributed by atoms with Gasteiger partial charge in [0.25, 0.3) is 0 Å². The Hall–Kier alpha value is -2.76. The molecule has 0 saturated carbocycles. The average Bonchev–Trinajstić information content (AvgIpc) is 2.95. The van der Waals surface area contributed by atoms with Crippen molar-refractivity contribution in [3.8, 4) is 11.6 Å². The molecule has 4 rings (SSSR count). The Morgan fingerprint density at radius 3 is 2.52 bits per heavy atom. The van der Waals surface area contributed by atoms with Crippen LogP contribution in [0.15, 0.2) is 48.7 Å². The second-order valence-electron chi connectivity index (χ2n) is 7.06. The summed E-state index contributed by atoms with van der Waals surface area (Å²) in [6.45, 7) is 2.58. The molecule has 142 valence electrons. The highest BCUT2D eigenvalue weighted by Crippen LogP contribution is 2.37. The highest BCUT2D eigenvalue weighted by Gasteiger charge is 2.44. The summed E-state index contributed by atoms with van der Waals surface area (Å²) in [4.78, 5) is 19.1. The van der Waals surface area contributed by atoms with Gasteiger partial charge in [0.2, 0.25) is 5.88 Å². The van der Waals surface area contributed by atoms with Crippen molar-refractivity contribution in [3.63, 3.8) is 0 Å². The number of nitrogens with one attached hydrogen (secondary N) is 1. The lowest BCUT2D eigenvalue weighted by Crippen LogP contribution is -2.50. The first kappa shape index (κ1) is 17.6. The molecule has 6 heteroatoms. The van der Waals surface area contributed by atoms with Gasteiger partial charge in [0.1, 0.15) is 11.9 Å². The predicted molar refractivity (Wildman–Crippen MR) is 103 cm³/mol. The molecule has 6 nitrogen and oxygen atoms in total. The van der Waals surface area contributed by atoms with Crippen molar-refractivity contribution in [3.05, 3.63) is 48.7 Å². The molecule has 3 heterocycles. The Balaban J connectivity index is 1.36. The third kappa shape index (κ3) is 3.99. The van der Waals surface area contributed by atoms with Gasteiger partial charge in [-0.05, 0) is 50.1 Å². The molecule has 1 aromatic heterocycles. The van der Waals surface area contributed by atoms with E-state index in [0.29, 0.717) is 12.5 Å². The number of aromatic nitrogens is 1. The molecule has 2 atom stereocenters. The van der Waals surface area contributed by atoms with Crippen molar-refractivity contribution in [2.45, 2.75) is 50.8 Å². The summed E-state index contributed by atoms with van der Waals surface area (Å²) >= 11 is 0. The van der Waals surface area contributed by atoms with Crippen LogP contribution in [-0.2, 0) is 0 Å². The molecular formula is C21H25N3O3. The van der Waals surface area contributed by atoms with Crippen LogP contribution in [0.2, 0.25) is 0 Å². The minimum Gasteiger partial charge on any atom is -0.494 e. The number of urea groups is 1. The van der Waals surface area contributed by atoms with E-state index in [2.05, 4.69) is 10.3 Å². The Labute approximate surface area is 159 Å². The molecule has 0 radical (unpaired) electrons. The molecule has 1 N–H and O–H groups in total. The molecular weight excluding hydrogens is 342 g/mol. The van der Waals surface area contributed by atoms with Gasteiger partial charge in [-0.3, -0.25) is 0 Å². The second kappa shape index (κ2) is 7.86. The van der Waals surface area contributed by atoms with Crippen LogP contribution in [0.25, 0.3) is 0 Å². The van der Waals surface area contributed by atoms with Gasteiger partial charge in [-0.2, -0.15) is 0 Å². The maximum Gasteiger partial charge on any atom is 0.322 e. The van der Waals surface area contributed by atoms with E-state index < -0.39 is 0 Å². The number of rotatable bonds is 5. The molecule has 2 saturated heterocycles. The molecule has 2 aromatic rings. The van der Waals surface area contributed by atoms with Gasteiger partial charge < -0.3 is 19.7 Å². The average molecular weight is 367 g/mol. The number of hydrogen-bond donors (Lipinski definition) is 1. The predicted octanol–water partition coefficient (Wildman–Crippen LogP) is 4.09. The first-order valence-electron chi connectivity index (χ1n) is 9.63. The number of ether oxygens (including phenoxy) is 2. The lowest BCUT2D eigenvalue weighted by atomic mass is 10.00. The van der Waals surface area contributed by atoms with Gasteiger partial charge in [-0.1, -0.05) is 6.07 Å². The maximum atomic E-state index is 12.8. The number of anilines is 1. The summed E-state index contributed by atoms with van der Waals surface area (Å²) in [6.07, 6.45) is 5.62. The van der Waals surface area contributed by atoms with Crippen LogP contribution in [-0.4, -0.2) is 40.7 Å². The molecule has 0 spiro atoms. The lowest BCUT2D eigenvalue weighted by Gasteiger charge is -2.38. The van der Waals surface area contributed by atoms with Crippen LogP contribution in [0.3, 0.4) is 0 Å². The van der Waals surface area contributed by atoms with E-state index in [1.165, 1.54) is 0 Å². The fourth-order valence-corrected chi connectivity index (χ4v) is 4.13. The van der Waals surface area contributed by atoms with Crippen molar-refractivity contribution in [2.75, 3.05) is 11.9 Å². The number of carbonyl (C=O) groups is 1. The van der Waals surface area contributed by atoms with Gasteiger partial charge in [0.15, 0.2) is 0 Å². The number of benzene rings is 1. The van der Waals surface area contributed by atoms with Gasteiger partial charge in [-0.25, -0.2) is 9.78 Å². The monoisotopic (exact) mass is 367 g/mol. The van der Waals surface area contributed by atoms with Crippen LogP contribution in [0, 0.1) is 0 Å². The van der Waals surface area contributed by atoms with Gasteiger partial charge in [0, 0.05) is 42.9 Å². The summed E-state index contributed by atoms with van der Waals surface area (Å²) in [6, 6.07) is 13.6. The summed E-state index contributed by atoms with van der Waals surface area (Å²) in [5, 5.41) is 3.02. The molecule has 2 fully saturated rings. The molecule has 2 bridgehead atoms. The zero-order chi connectivity index (χ0) is 18.6. The SMILES string of the molecule is CCOc1ccc(NC(=O)N2C3CCC2CC(Oc2ccccn2)C3)cc1. The largest absolute Gasteiger partial charge is 0.494 e. The lowest BCUT2D eigenvalue weighted by molar-refractivity contribution is 0.0704. The van der Waals surface area contributed by atoms with E-state index in [9.17, 15) is 4.79 Å². The number of amides is 2.